The molecule has 0 atom stereocenters. The van der Waals surface area contributed by atoms with Crippen molar-refractivity contribution < 1.29 is 31.0 Å². The molecule has 214 valence electrons. The van der Waals surface area contributed by atoms with E-state index >= 15 is 0 Å². The molecular weight excluding hydrogens is 661 g/mol. The summed E-state index contributed by atoms with van der Waals surface area (Å²) in [6.45, 7) is 18.4. The number of hydrogen-bond donors (Lipinski definition) is 1. The maximum absolute atomic E-state index is 12.2. The molecule has 1 heterocycles. The van der Waals surface area contributed by atoms with Gasteiger partial charge in [-0.1, -0.05) is 91.8 Å². The summed E-state index contributed by atoms with van der Waals surface area (Å²) in [4.78, 5) is 16.8. The van der Waals surface area contributed by atoms with Crippen LogP contribution in [0.15, 0.2) is 66.6 Å². The number of pyridine rings is 1. The molecule has 0 aliphatic heterocycles. The molecule has 0 aliphatic rings. The van der Waals surface area contributed by atoms with E-state index in [4.69, 9.17) is 0 Å². The van der Waals surface area contributed by atoms with Gasteiger partial charge in [-0.2, -0.15) is 0 Å². The minimum absolute atomic E-state index is 0. The van der Waals surface area contributed by atoms with Crippen LogP contribution in [0.3, 0.4) is 0 Å². The van der Waals surface area contributed by atoms with E-state index in [1.54, 1.807) is 0 Å². The van der Waals surface area contributed by atoms with E-state index in [1.807, 2.05) is 53.8 Å². The number of aliphatic hydroxyl groups is 1. The summed E-state index contributed by atoms with van der Waals surface area (Å²) in [5.74, 6) is 0.286. The average molecular weight is 708 g/mol. The van der Waals surface area contributed by atoms with Crippen molar-refractivity contribution in [1.29, 1.82) is 0 Å². The zero-order valence-electron chi connectivity index (χ0n) is 25.2. The van der Waals surface area contributed by atoms with Gasteiger partial charge in [0, 0.05) is 49.7 Å². The molecule has 3 rings (SSSR count). The largest absolute Gasteiger partial charge is 0.512 e. The molecule has 0 saturated heterocycles. The van der Waals surface area contributed by atoms with Crippen LogP contribution >= 0.6 is 0 Å². The third-order valence-electron chi connectivity index (χ3n) is 8.22. The van der Waals surface area contributed by atoms with E-state index in [0.717, 1.165) is 42.5 Å². The number of carbonyl (C=O) groups is 1. The number of carbonyl (C=O) groups excluding carboxylic acids is 1. The molecule has 39 heavy (non-hydrogen) atoms. The van der Waals surface area contributed by atoms with Gasteiger partial charge in [0.15, 0.2) is 5.78 Å². The van der Waals surface area contributed by atoms with Crippen molar-refractivity contribution in [3.63, 3.8) is 0 Å². The second-order valence-electron chi connectivity index (χ2n) is 10.9. The molecule has 1 N–H and O–H groups in total. The van der Waals surface area contributed by atoms with Gasteiger partial charge >= 0.3 is 0 Å². The quantitative estimate of drug-likeness (QED) is 0.137. The normalized spacial score (nSPS) is 11.8. The topological polar surface area (TPSA) is 50.2 Å². The third kappa shape index (κ3) is 9.00. The summed E-state index contributed by atoms with van der Waals surface area (Å²) >= 11 is 0. The number of hydrogen-bond acceptors (Lipinski definition) is 3. The Hall–Kier alpha value is -2.51. The van der Waals surface area contributed by atoms with Gasteiger partial charge in [0.2, 0.25) is 0 Å². The fraction of sp³-hybridized carbons (Fsp3) is 0.429. The van der Waals surface area contributed by atoms with Crippen molar-refractivity contribution in [3.05, 3.63) is 89.3 Å². The van der Waals surface area contributed by atoms with E-state index in [1.165, 1.54) is 28.3 Å². The maximum Gasteiger partial charge on any atom is 0.164 e. The average Bonchev–Trinajstić information content (AvgIpc) is 2.92. The summed E-state index contributed by atoms with van der Waals surface area (Å²) in [5, 5.41) is 10.1. The maximum atomic E-state index is 12.2. The monoisotopic (exact) mass is 707 g/mol. The van der Waals surface area contributed by atoms with Gasteiger partial charge in [0.25, 0.3) is 0 Å². The first kappa shape index (κ1) is 34.5. The van der Waals surface area contributed by atoms with Gasteiger partial charge in [-0.25, -0.2) is 0 Å². The molecule has 2 aromatic carbocycles. The fourth-order valence-corrected chi connectivity index (χ4v) is 4.34. The van der Waals surface area contributed by atoms with Gasteiger partial charge in [0.1, 0.15) is 5.76 Å². The molecule has 3 aromatic rings. The SMILES string of the molecule is CCC(C)(CC)C(=O)/C=C(\O)C(C)(CC)CC.Cc1[c-]c(-c2cc(C)c(-c3ccccc3)cn2)cc(C)c1.[Pt]. The Morgan fingerprint density at radius 1 is 0.897 bits per heavy atom. The van der Waals surface area contributed by atoms with Crippen LogP contribution < -0.4 is 0 Å². The van der Waals surface area contributed by atoms with Crippen molar-refractivity contribution in [1.82, 2.24) is 4.98 Å². The summed E-state index contributed by atoms with van der Waals surface area (Å²) in [7, 11) is 0. The van der Waals surface area contributed by atoms with Crippen LogP contribution in [0.4, 0.5) is 0 Å². The first-order valence-corrected chi connectivity index (χ1v) is 13.9. The van der Waals surface area contributed by atoms with E-state index in [0.29, 0.717) is 0 Å². The van der Waals surface area contributed by atoms with E-state index in [2.05, 4.69) is 74.3 Å². The number of benzene rings is 2. The smallest absolute Gasteiger partial charge is 0.164 e. The van der Waals surface area contributed by atoms with Crippen molar-refractivity contribution in [2.75, 3.05) is 0 Å². The Labute approximate surface area is 251 Å². The summed E-state index contributed by atoms with van der Waals surface area (Å²) in [6, 6.07) is 20.2. The molecule has 4 heteroatoms. The van der Waals surface area contributed by atoms with E-state index in [9.17, 15) is 9.90 Å². The molecule has 0 saturated carbocycles. The van der Waals surface area contributed by atoms with Crippen molar-refractivity contribution in [2.45, 2.75) is 88.0 Å². The van der Waals surface area contributed by atoms with Gasteiger partial charge < -0.3 is 10.1 Å². The number of aliphatic hydroxyl groups excluding tert-OH is 1. The standard InChI is InChI=1S/C20H18N.C15H28O2.Pt/c1-14-9-15(2)11-18(10-14)20-12-16(3)19(13-21-20)17-7-5-4-6-8-17;1-7-14(5,8-2)12(16)11-13(17)15(6,9-3)10-4;/h4-10,12-13H,1-3H3;11,16H,7-10H2,1-6H3;/q-1;;/b;12-11-;. The van der Waals surface area contributed by atoms with Gasteiger partial charge in [-0.05, 0) is 49.4 Å². The Morgan fingerprint density at radius 2 is 1.46 bits per heavy atom. The summed E-state index contributed by atoms with van der Waals surface area (Å²) in [6.07, 6.45) is 6.72. The molecule has 0 aliphatic carbocycles. The van der Waals surface area contributed by atoms with Gasteiger partial charge in [-0.15, -0.1) is 34.9 Å². The number of rotatable bonds is 9. The Bertz CT molecular complexity index is 1220. The molecule has 0 fully saturated rings. The number of aromatic nitrogens is 1. The van der Waals surface area contributed by atoms with Crippen LogP contribution in [0.1, 0.15) is 83.9 Å². The minimum Gasteiger partial charge on any atom is -0.512 e. The van der Waals surface area contributed by atoms with Crippen LogP contribution in [0.25, 0.3) is 22.4 Å². The summed E-state index contributed by atoms with van der Waals surface area (Å²) < 4.78 is 0. The Morgan fingerprint density at radius 3 is 1.95 bits per heavy atom. The first-order valence-electron chi connectivity index (χ1n) is 13.9. The molecular formula is C35H46NO2Pt-. The Balaban J connectivity index is 0.000000391. The van der Waals surface area contributed by atoms with E-state index < -0.39 is 0 Å². The zero-order chi connectivity index (χ0) is 28.5. The minimum atomic E-state index is -0.337. The third-order valence-corrected chi connectivity index (χ3v) is 8.22. The molecule has 0 radical (unpaired) electrons. The molecule has 0 spiro atoms. The molecule has 3 nitrogen and oxygen atoms in total. The van der Waals surface area contributed by atoms with Crippen LogP contribution in [-0.4, -0.2) is 15.9 Å². The van der Waals surface area contributed by atoms with Crippen LogP contribution in [-0.2, 0) is 25.9 Å². The number of aryl methyl sites for hydroxylation is 3. The van der Waals surface area contributed by atoms with Crippen LogP contribution in [0.2, 0.25) is 0 Å². The second kappa shape index (κ2) is 15.3. The molecule has 0 unspecified atom stereocenters. The van der Waals surface area contributed by atoms with Crippen LogP contribution in [0, 0.1) is 37.7 Å². The predicted octanol–water partition coefficient (Wildman–Crippen LogP) is 9.79. The molecule has 1 aromatic heterocycles. The molecule has 0 bridgehead atoms. The first-order chi connectivity index (χ1) is 17.9. The number of ketones is 1. The number of nitrogens with zero attached hydrogens (tertiary/aromatic N) is 1. The van der Waals surface area contributed by atoms with E-state index in [-0.39, 0.29) is 43.4 Å². The zero-order valence-corrected chi connectivity index (χ0v) is 27.5. The van der Waals surface area contributed by atoms with Gasteiger partial charge in [0.05, 0.1) is 0 Å². The van der Waals surface area contributed by atoms with Crippen molar-refractivity contribution in [3.8, 4) is 22.4 Å². The predicted molar refractivity (Wildman–Crippen MR) is 161 cm³/mol. The van der Waals surface area contributed by atoms with Crippen LogP contribution in [0.5, 0.6) is 0 Å². The molecule has 0 amide bonds. The second-order valence-corrected chi connectivity index (χ2v) is 10.9. The Kier molecular flexibility index (Phi) is 13.6. The summed E-state index contributed by atoms with van der Waals surface area (Å²) in [5.41, 5.74) is 7.47. The fourth-order valence-electron chi connectivity index (χ4n) is 4.34. The van der Waals surface area contributed by atoms with Gasteiger partial charge in [-0.3, -0.25) is 4.79 Å². The van der Waals surface area contributed by atoms with Crippen molar-refractivity contribution >= 4 is 5.78 Å². The van der Waals surface area contributed by atoms with Crippen molar-refractivity contribution in [2.24, 2.45) is 10.8 Å². The number of allylic oxidation sites excluding steroid dienone is 2.